The number of halogens is 3. The lowest BCUT2D eigenvalue weighted by Crippen LogP contribution is -2.11. The number of anilines is 1. The van der Waals surface area contributed by atoms with Gasteiger partial charge in [0.25, 0.3) is 0 Å². The molecule has 3 heterocycles. The van der Waals surface area contributed by atoms with E-state index >= 15 is 0 Å². The Morgan fingerprint density at radius 2 is 1.85 bits per heavy atom. The third-order valence-electron chi connectivity index (χ3n) is 4.01. The summed E-state index contributed by atoms with van der Waals surface area (Å²) in [5.74, 6) is -0.222. The smallest absolute Gasteiger partial charge is 0.433 e. The van der Waals surface area contributed by atoms with Crippen molar-refractivity contribution in [3.8, 4) is 0 Å². The molecule has 0 radical (unpaired) electrons. The third-order valence-corrected chi connectivity index (χ3v) is 4.99. The van der Waals surface area contributed by atoms with Crippen molar-refractivity contribution in [3.05, 3.63) is 41.5 Å². The number of fused-ring (bicyclic) bond motifs is 1. The van der Waals surface area contributed by atoms with Gasteiger partial charge in [0.1, 0.15) is 5.82 Å². The molecule has 0 bridgehead atoms. The first-order chi connectivity index (χ1) is 12.4. The quantitative estimate of drug-likeness (QED) is 0.474. The molecule has 0 amide bonds. The number of hydrogen-bond donors (Lipinski definition) is 1. The summed E-state index contributed by atoms with van der Waals surface area (Å²) in [5.41, 5.74) is 6.74. The second kappa shape index (κ2) is 6.70. The van der Waals surface area contributed by atoms with Crippen LogP contribution in [0, 0.1) is 0 Å². The molecule has 5 nitrogen and oxygen atoms in total. The third kappa shape index (κ3) is 4.18. The van der Waals surface area contributed by atoms with Crippen molar-refractivity contribution in [1.82, 2.24) is 15.0 Å². The van der Waals surface area contributed by atoms with Crippen LogP contribution in [0.2, 0.25) is 0 Å². The maximum absolute atomic E-state index is 12.9. The summed E-state index contributed by atoms with van der Waals surface area (Å²) >= 11 is 1.07. The van der Waals surface area contributed by atoms with Crippen LogP contribution in [0.3, 0.4) is 0 Å². The van der Waals surface area contributed by atoms with Gasteiger partial charge in [0, 0.05) is 17.0 Å². The number of pyridine rings is 1. The van der Waals surface area contributed by atoms with Crippen LogP contribution >= 0.6 is 11.8 Å². The summed E-state index contributed by atoms with van der Waals surface area (Å²) in [7, 11) is 0. The fraction of sp³-hybridized carbons (Fsp3) is 0.389. The summed E-state index contributed by atoms with van der Waals surface area (Å²) in [4.78, 5) is 11.9. The Morgan fingerprint density at radius 1 is 1.15 bits per heavy atom. The van der Waals surface area contributed by atoms with Crippen LogP contribution in [0.4, 0.5) is 19.0 Å². The van der Waals surface area contributed by atoms with E-state index in [1.165, 1.54) is 0 Å². The molecule has 1 atom stereocenters. The zero-order valence-corrected chi connectivity index (χ0v) is 16.1. The summed E-state index contributed by atoms with van der Waals surface area (Å²) in [6.07, 6.45) is -1.24. The van der Waals surface area contributed by atoms with E-state index in [-0.39, 0.29) is 21.6 Å². The molecule has 0 aliphatic heterocycles. The minimum Gasteiger partial charge on any atom is -0.462 e. The molecule has 2 N–H and O–H groups in total. The fourth-order valence-electron chi connectivity index (χ4n) is 2.61. The molecule has 0 aliphatic carbocycles. The van der Waals surface area contributed by atoms with Crippen molar-refractivity contribution >= 4 is 28.5 Å². The highest BCUT2D eigenvalue weighted by Crippen LogP contribution is 2.37. The number of rotatable bonds is 3. The van der Waals surface area contributed by atoms with Gasteiger partial charge < -0.3 is 10.2 Å². The summed E-state index contributed by atoms with van der Waals surface area (Å²) in [6.45, 7) is 8.06. The van der Waals surface area contributed by atoms with Crippen molar-refractivity contribution in [2.45, 2.75) is 49.7 Å². The fourth-order valence-corrected chi connectivity index (χ4v) is 3.49. The minimum absolute atomic E-state index is 0.0417. The van der Waals surface area contributed by atoms with Crippen LogP contribution in [0.25, 0.3) is 11.0 Å². The predicted molar refractivity (Wildman–Crippen MR) is 98.4 cm³/mol. The van der Waals surface area contributed by atoms with E-state index in [1.54, 1.807) is 12.5 Å². The van der Waals surface area contributed by atoms with Crippen molar-refractivity contribution in [3.63, 3.8) is 0 Å². The Balaban J connectivity index is 1.93. The number of nitrogens with zero attached hydrogens (tertiary/aromatic N) is 3. The van der Waals surface area contributed by atoms with Gasteiger partial charge in [-0.1, -0.05) is 32.5 Å². The molecule has 144 valence electrons. The maximum atomic E-state index is 12.9. The average Bonchev–Trinajstić information content (AvgIpc) is 2.96. The molecule has 0 spiro atoms. The van der Waals surface area contributed by atoms with Gasteiger partial charge in [0.05, 0.1) is 23.4 Å². The van der Waals surface area contributed by atoms with Crippen LogP contribution in [0.5, 0.6) is 0 Å². The van der Waals surface area contributed by atoms with E-state index in [0.29, 0.717) is 11.3 Å². The van der Waals surface area contributed by atoms with Crippen molar-refractivity contribution in [2.24, 2.45) is 0 Å². The monoisotopic (exact) mass is 396 g/mol. The summed E-state index contributed by atoms with van der Waals surface area (Å²) < 4.78 is 44.3. The highest BCUT2D eigenvalue weighted by molar-refractivity contribution is 7.99. The van der Waals surface area contributed by atoms with Gasteiger partial charge in [-0.05, 0) is 18.4 Å². The Hall–Kier alpha value is -2.29. The average molecular weight is 396 g/mol. The molecular formula is C18H19F3N4OS. The maximum Gasteiger partial charge on any atom is 0.433 e. The highest BCUT2D eigenvalue weighted by Gasteiger charge is 2.33. The van der Waals surface area contributed by atoms with Crippen LogP contribution in [0.1, 0.15) is 49.9 Å². The molecule has 3 aromatic rings. The molecule has 3 aromatic heterocycles. The lowest BCUT2D eigenvalue weighted by Gasteiger charge is -2.17. The molecule has 0 saturated heterocycles. The van der Waals surface area contributed by atoms with E-state index in [4.69, 9.17) is 10.2 Å². The highest BCUT2D eigenvalue weighted by atomic mass is 32.2. The zero-order valence-electron chi connectivity index (χ0n) is 15.3. The normalized spacial score (nSPS) is 13.9. The minimum atomic E-state index is -4.58. The van der Waals surface area contributed by atoms with Gasteiger partial charge in [-0.15, -0.1) is 0 Å². The summed E-state index contributed by atoms with van der Waals surface area (Å²) in [6, 6.07) is 2.62. The van der Waals surface area contributed by atoms with Gasteiger partial charge in [-0.3, -0.25) is 4.98 Å². The van der Waals surface area contributed by atoms with E-state index in [0.717, 1.165) is 28.8 Å². The largest absolute Gasteiger partial charge is 0.462 e. The number of nitrogen functional groups attached to an aromatic ring is 1. The van der Waals surface area contributed by atoms with Crippen molar-refractivity contribution in [2.75, 3.05) is 5.73 Å². The molecule has 27 heavy (non-hydrogen) atoms. The molecule has 0 saturated carbocycles. The summed E-state index contributed by atoms with van der Waals surface area (Å²) in [5, 5.41) is 0.615. The number of hydrogen-bond acceptors (Lipinski definition) is 6. The molecule has 3 rings (SSSR count). The number of alkyl halides is 3. The molecule has 0 fully saturated rings. The van der Waals surface area contributed by atoms with Crippen LogP contribution in [-0.2, 0) is 11.6 Å². The van der Waals surface area contributed by atoms with Gasteiger partial charge in [0.2, 0.25) is 0 Å². The van der Waals surface area contributed by atoms with Crippen LogP contribution < -0.4 is 5.73 Å². The number of nitrogens with two attached hydrogens (primary N) is 1. The molecular weight excluding hydrogens is 377 g/mol. The number of aromatic nitrogens is 3. The first-order valence-corrected chi connectivity index (χ1v) is 9.09. The Morgan fingerprint density at radius 3 is 2.48 bits per heavy atom. The van der Waals surface area contributed by atoms with E-state index in [9.17, 15) is 13.2 Å². The molecule has 0 aliphatic rings. The second-order valence-corrected chi connectivity index (χ2v) is 8.53. The SMILES string of the molecule is CC(Sc1nc(N)cc(C(F)(F)F)n1)c1cc2c(C(C)(C)C)coc2cn1. The standard InChI is InChI=1S/C18H19F3N4OS/c1-9(27-16-24-14(18(19,20)21)6-15(22)25-16)12-5-10-11(17(2,3)4)8-26-13(10)7-23-12/h5-9H,1-4H3,(H2,22,24,25). The van der Waals surface area contributed by atoms with E-state index in [2.05, 4.69) is 35.7 Å². The predicted octanol–water partition coefficient (Wildman–Crippen LogP) is 5.37. The van der Waals surface area contributed by atoms with Gasteiger partial charge in [-0.2, -0.15) is 13.2 Å². The number of furan rings is 1. The lowest BCUT2D eigenvalue weighted by molar-refractivity contribution is -0.141. The van der Waals surface area contributed by atoms with E-state index < -0.39 is 11.9 Å². The first kappa shape index (κ1) is 19.5. The Labute approximate surface area is 158 Å². The number of thioether (sulfide) groups is 1. The van der Waals surface area contributed by atoms with Gasteiger partial charge in [0.15, 0.2) is 16.4 Å². The van der Waals surface area contributed by atoms with Crippen LogP contribution in [0.15, 0.2) is 34.2 Å². The van der Waals surface area contributed by atoms with Gasteiger partial charge >= 0.3 is 6.18 Å². The topological polar surface area (TPSA) is 77.8 Å². The first-order valence-electron chi connectivity index (χ1n) is 8.21. The molecule has 1 unspecified atom stereocenters. The molecule has 0 aromatic carbocycles. The van der Waals surface area contributed by atoms with Gasteiger partial charge in [-0.25, -0.2) is 9.97 Å². The zero-order chi connectivity index (χ0) is 20.0. The van der Waals surface area contributed by atoms with Crippen molar-refractivity contribution in [1.29, 1.82) is 0 Å². The molecule has 9 heteroatoms. The Kier molecular flexibility index (Phi) is 4.83. The lowest BCUT2D eigenvalue weighted by atomic mass is 9.87. The van der Waals surface area contributed by atoms with Crippen LogP contribution in [-0.4, -0.2) is 15.0 Å². The Bertz CT molecular complexity index is 979. The van der Waals surface area contributed by atoms with Crippen molar-refractivity contribution < 1.29 is 17.6 Å². The second-order valence-electron chi connectivity index (χ2n) is 7.22. The van der Waals surface area contributed by atoms with E-state index in [1.807, 2.05) is 13.0 Å².